The van der Waals surface area contributed by atoms with Crippen LogP contribution in [0.4, 0.5) is 0 Å². The van der Waals surface area contributed by atoms with Crippen LogP contribution in [0.2, 0.25) is 0 Å². The van der Waals surface area contributed by atoms with Crippen LogP contribution in [0.3, 0.4) is 0 Å². The minimum atomic E-state index is -0.932. The molecule has 1 aliphatic rings. The van der Waals surface area contributed by atoms with Gasteiger partial charge < -0.3 is 10.4 Å². The van der Waals surface area contributed by atoms with Crippen molar-refractivity contribution in [2.45, 2.75) is 29.4 Å². The molecule has 18 heavy (non-hydrogen) atoms. The van der Waals surface area contributed by atoms with Gasteiger partial charge in [-0.1, -0.05) is 6.42 Å². The molecule has 1 aromatic rings. The highest BCUT2D eigenvalue weighted by molar-refractivity contribution is 8.00. The number of hydrogen-bond acceptors (Lipinski definition) is 3. The molecule has 1 atom stereocenters. The summed E-state index contributed by atoms with van der Waals surface area (Å²) in [7, 11) is 0. The van der Waals surface area contributed by atoms with E-state index in [1.165, 1.54) is 11.8 Å². The van der Waals surface area contributed by atoms with Gasteiger partial charge in [-0.05, 0) is 37.1 Å². The second-order valence-electron chi connectivity index (χ2n) is 4.22. The monoisotopic (exact) mass is 265 g/mol. The summed E-state index contributed by atoms with van der Waals surface area (Å²) in [4.78, 5) is 23.4. The number of carbonyl (C=O) groups excluding carboxylic acids is 1. The van der Waals surface area contributed by atoms with Gasteiger partial charge in [-0.15, -0.1) is 11.8 Å². The van der Waals surface area contributed by atoms with Crippen molar-refractivity contribution in [3.63, 3.8) is 0 Å². The molecule has 0 spiro atoms. The van der Waals surface area contributed by atoms with Crippen molar-refractivity contribution in [1.82, 2.24) is 5.32 Å². The van der Waals surface area contributed by atoms with Crippen LogP contribution in [0.15, 0.2) is 29.2 Å². The Morgan fingerprint density at radius 2 is 2.00 bits per heavy atom. The minimum absolute atomic E-state index is 0.0665. The van der Waals surface area contributed by atoms with Gasteiger partial charge in [-0.25, -0.2) is 4.79 Å². The number of thioether (sulfide) groups is 1. The molecule has 0 aromatic heterocycles. The number of carboxylic acids is 1. The number of carboxylic acid groups (broad SMARTS) is 1. The number of rotatable bonds is 3. The third kappa shape index (κ3) is 3.26. The van der Waals surface area contributed by atoms with Crippen molar-refractivity contribution in [2.24, 2.45) is 0 Å². The fourth-order valence-corrected chi connectivity index (χ4v) is 2.96. The average molecular weight is 265 g/mol. The molecule has 2 rings (SSSR count). The van der Waals surface area contributed by atoms with E-state index in [0.29, 0.717) is 0 Å². The summed E-state index contributed by atoms with van der Waals surface area (Å²) in [5, 5.41) is 11.6. The van der Waals surface area contributed by atoms with Gasteiger partial charge in [0.2, 0.25) is 5.91 Å². The maximum absolute atomic E-state index is 11.8. The predicted octanol–water partition coefficient (Wildman–Crippen LogP) is 2.15. The third-order valence-corrected chi connectivity index (χ3v) is 4.14. The fraction of sp³-hybridized carbons (Fsp3) is 0.385. The average Bonchev–Trinajstić information content (AvgIpc) is 2.56. The third-order valence-electron chi connectivity index (χ3n) is 2.86. The number of benzene rings is 1. The first-order chi connectivity index (χ1) is 8.66. The van der Waals surface area contributed by atoms with Gasteiger partial charge >= 0.3 is 5.97 Å². The first-order valence-corrected chi connectivity index (χ1v) is 6.82. The van der Waals surface area contributed by atoms with Crippen LogP contribution in [0.5, 0.6) is 0 Å². The Balaban J connectivity index is 2.03. The zero-order valence-corrected chi connectivity index (χ0v) is 10.7. The summed E-state index contributed by atoms with van der Waals surface area (Å²) in [6, 6.07) is 6.65. The van der Waals surface area contributed by atoms with Crippen LogP contribution in [0, 0.1) is 0 Å². The Hall–Kier alpha value is -1.49. The lowest BCUT2D eigenvalue weighted by molar-refractivity contribution is -0.120. The van der Waals surface area contributed by atoms with Gasteiger partial charge in [0.05, 0.1) is 10.8 Å². The Morgan fingerprint density at radius 3 is 2.67 bits per heavy atom. The molecule has 1 aromatic carbocycles. The number of carbonyl (C=O) groups is 2. The van der Waals surface area contributed by atoms with Crippen molar-refractivity contribution in [3.05, 3.63) is 29.8 Å². The topological polar surface area (TPSA) is 66.4 Å². The van der Waals surface area contributed by atoms with Gasteiger partial charge in [0.1, 0.15) is 0 Å². The van der Waals surface area contributed by atoms with E-state index in [4.69, 9.17) is 5.11 Å². The number of nitrogens with one attached hydrogen (secondary N) is 1. The lowest BCUT2D eigenvalue weighted by atomic mass is 10.2. The second-order valence-corrected chi connectivity index (χ2v) is 5.50. The smallest absolute Gasteiger partial charge is 0.335 e. The van der Waals surface area contributed by atoms with Crippen LogP contribution < -0.4 is 5.32 Å². The lowest BCUT2D eigenvalue weighted by Gasteiger charge is -2.12. The fourth-order valence-electron chi connectivity index (χ4n) is 1.86. The van der Waals surface area contributed by atoms with Gasteiger partial charge in [-0.2, -0.15) is 0 Å². The van der Waals surface area contributed by atoms with E-state index in [9.17, 15) is 9.59 Å². The van der Waals surface area contributed by atoms with Crippen LogP contribution in [-0.2, 0) is 4.79 Å². The molecular weight excluding hydrogens is 250 g/mol. The maximum Gasteiger partial charge on any atom is 0.335 e. The molecule has 2 N–H and O–H groups in total. The predicted molar refractivity (Wildman–Crippen MR) is 69.9 cm³/mol. The Morgan fingerprint density at radius 1 is 1.28 bits per heavy atom. The number of aromatic carboxylic acids is 1. The van der Waals surface area contributed by atoms with E-state index in [2.05, 4.69) is 5.32 Å². The zero-order valence-electron chi connectivity index (χ0n) is 9.89. The Bertz CT molecular complexity index is 444. The van der Waals surface area contributed by atoms with Gasteiger partial charge in [0.15, 0.2) is 0 Å². The molecule has 1 unspecified atom stereocenters. The summed E-state index contributed by atoms with van der Waals surface area (Å²) in [6.07, 6.45) is 2.95. The highest BCUT2D eigenvalue weighted by Crippen LogP contribution is 2.28. The van der Waals surface area contributed by atoms with Gasteiger partial charge in [0.25, 0.3) is 0 Å². The first kappa shape index (κ1) is 13.0. The van der Waals surface area contributed by atoms with Crippen molar-refractivity contribution in [1.29, 1.82) is 0 Å². The summed E-state index contributed by atoms with van der Waals surface area (Å²) < 4.78 is 0. The minimum Gasteiger partial charge on any atom is -0.478 e. The molecule has 5 heteroatoms. The summed E-state index contributed by atoms with van der Waals surface area (Å²) in [6.45, 7) is 0.758. The molecule has 1 aliphatic heterocycles. The van der Waals surface area contributed by atoms with Crippen LogP contribution in [0.25, 0.3) is 0 Å². The van der Waals surface area contributed by atoms with Crippen LogP contribution in [0.1, 0.15) is 29.6 Å². The summed E-state index contributed by atoms with van der Waals surface area (Å²) in [5.41, 5.74) is 0.268. The molecule has 0 bridgehead atoms. The molecule has 96 valence electrons. The quantitative estimate of drug-likeness (QED) is 0.878. The Kier molecular flexibility index (Phi) is 4.25. The molecule has 1 heterocycles. The second kappa shape index (κ2) is 5.91. The number of hydrogen-bond donors (Lipinski definition) is 2. The van der Waals surface area contributed by atoms with Crippen LogP contribution >= 0.6 is 11.8 Å². The van der Waals surface area contributed by atoms with E-state index in [1.807, 2.05) is 0 Å². The molecule has 4 nitrogen and oxygen atoms in total. The highest BCUT2D eigenvalue weighted by Gasteiger charge is 2.21. The van der Waals surface area contributed by atoms with Crippen molar-refractivity contribution in [2.75, 3.05) is 6.54 Å². The Labute approximate surface area is 110 Å². The summed E-state index contributed by atoms with van der Waals surface area (Å²) >= 11 is 1.50. The number of amides is 1. The lowest BCUT2D eigenvalue weighted by Crippen LogP contribution is -2.30. The highest BCUT2D eigenvalue weighted by atomic mass is 32.2. The van der Waals surface area contributed by atoms with Crippen molar-refractivity contribution < 1.29 is 14.7 Å². The molecule has 1 saturated heterocycles. The SMILES string of the molecule is O=C(O)c1ccc(SC2CCCCNC2=O)cc1. The van der Waals surface area contributed by atoms with Crippen molar-refractivity contribution >= 4 is 23.6 Å². The van der Waals surface area contributed by atoms with E-state index in [1.54, 1.807) is 24.3 Å². The van der Waals surface area contributed by atoms with E-state index in [-0.39, 0.29) is 16.7 Å². The van der Waals surface area contributed by atoms with E-state index >= 15 is 0 Å². The molecule has 0 radical (unpaired) electrons. The molecule has 0 aliphatic carbocycles. The molecule has 1 fully saturated rings. The largest absolute Gasteiger partial charge is 0.478 e. The molecule has 1 amide bonds. The van der Waals surface area contributed by atoms with Gasteiger partial charge in [0, 0.05) is 11.4 Å². The van der Waals surface area contributed by atoms with Crippen molar-refractivity contribution in [3.8, 4) is 0 Å². The maximum atomic E-state index is 11.8. The first-order valence-electron chi connectivity index (χ1n) is 5.94. The van der Waals surface area contributed by atoms with Crippen LogP contribution in [-0.4, -0.2) is 28.8 Å². The normalized spacial score (nSPS) is 20.0. The molecular formula is C13H15NO3S. The van der Waals surface area contributed by atoms with E-state index in [0.717, 1.165) is 30.7 Å². The standard InChI is InChI=1S/C13H15NO3S/c15-12-11(3-1-2-8-14-12)18-10-6-4-9(5-7-10)13(16)17/h4-7,11H,1-3,8H2,(H,14,15)(H,16,17). The van der Waals surface area contributed by atoms with E-state index < -0.39 is 5.97 Å². The molecule has 0 saturated carbocycles. The zero-order chi connectivity index (χ0) is 13.0. The van der Waals surface area contributed by atoms with Gasteiger partial charge in [-0.3, -0.25) is 4.79 Å². The summed E-state index contributed by atoms with van der Waals surface area (Å²) in [5.74, 6) is -0.849.